The molecule has 0 aliphatic rings. The van der Waals surface area contributed by atoms with Crippen molar-refractivity contribution in [2.24, 2.45) is 0 Å². The van der Waals surface area contributed by atoms with Gasteiger partial charge in [-0.25, -0.2) is 0 Å². The number of anilines is 1. The highest BCUT2D eigenvalue weighted by Gasteiger charge is 2.05. The van der Waals surface area contributed by atoms with Gasteiger partial charge in [0.05, 0.1) is 5.75 Å². The molecule has 0 aromatic heterocycles. The molecule has 122 valence electrons. The van der Waals surface area contributed by atoms with E-state index in [0.717, 1.165) is 13.0 Å². The van der Waals surface area contributed by atoms with Crippen molar-refractivity contribution >= 4 is 23.4 Å². The third-order valence-corrected chi connectivity index (χ3v) is 4.82. The monoisotopic (exact) mass is 328 g/mol. The second kappa shape index (κ2) is 9.26. The molecule has 0 unspecified atom stereocenters. The van der Waals surface area contributed by atoms with Gasteiger partial charge in [0.2, 0.25) is 5.91 Å². The first-order valence-corrected chi connectivity index (χ1v) is 8.86. The number of amides is 1. The molecule has 23 heavy (non-hydrogen) atoms. The standard InChI is InChI=1S/C19H24N2OS/c1-16-9-6-7-12-18(16)23-15-19(22)20-13-8-14-21(2)17-10-4-3-5-11-17/h3-7,9-12H,8,13-15H2,1-2H3,(H,20,22). The Kier molecular flexibility index (Phi) is 7.01. The van der Waals surface area contributed by atoms with E-state index in [4.69, 9.17) is 0 Å². The quantitative estimate of drug-likeness (QED) is 0.592. The van der Waals surface area contributed by atoms with Gasteiger partial charge in [0.15, 0.2) is 0 Å². The van der Waals surface area contributed by atoms with E-state index in [1.54, 1.807) is 11.8 Å². The van der Waals surface area contributed by atoms with Crippen molar-refractivity contribution in [1.29, 1.82) is 0 Å². The molecule has 0 spiro atoms. The molecule has 2 rings (SSSR count). The number of benzene rings is 2. The predicted molar refractivity (Wildman–Crippen MR) is 99.2 cm³/mol. The van der Waals surface area contributed by atoms with Crippen LogP contribution in [0.25, 0.3) is 0 Å². The van der Waals surface area contributed by atoms with E-state index >= 15 is 0 Å². The van der Waals surface area contributed by atoms with Crippen molar-refractivity contribution < 1.29 is 4.79 Å². The second-order valence-corrected chi connectivity index (χ2v) is 6.53. The lowest BCUT2D eigenvalue weighted by Crippen LogP contribution is -2.29. The van der Waals surface area contributed by atoms with Crippen LogP contribution < -0.4 is 10.2 Å². The van der Waals surface area contributed by atoms with E-state index in [1.807, 2.05) is 30.3 Å². The minimum Gasteiger partial charge on any atom is -0.375 e. The number of hydrogen-bond donors (Lipinski definition) is 1. The van der Waals surface area contributed by atoms with E-state index in [-0.39, 0.29) is 5.91 Å². The van der Waals surface area contributed by atoms with Gasteiger partial charge in [-0.2, -0.15) is 0 Å². The van der Waals surface area contributed by atoms with Gasteiger partial charge in [0, 0.05) is 30.7 Å². The van der Waals surface area contributed by atoms with Crippen molar-refractivity contribution in [3.63, 3.8) is 0 Å². The lowest BCUT2D eigenvalue weighted by Gasteiger charge is -2.19. The zero-order valence-corrected chi connectivity index (χ0v) is 14.6. The number of para-hydroxylation sites is 1. The molecule has 0 saturated heterocycles. The largest absolute Gasteiger partial charge is 0.375 e. The minimum absolute atomic E-state index is 0.0978. The van der Waals surface area contributed by atoms with Crippen molar-refractivity contribution in [3.8, 4) is 0 Å². The summed E-state index contributed by atoms with van der Waals surface area (Å²) in [6.07, 6.45) is 0.937. The number of rotatable bonds is 8. The average molecular weight is 328 g/mol. The lowest BCUT2D eigenvalue weighted by atomic mass is 10.2. The van der Waals surface area contributed by atoms with E-state index in [0.29, 0.717) is 12.3 Å². The molecule has 0 bridgehead atoms. The number of carbonyl (C=O) groups excluding carboxylic acids is 1. The third-order valence-electron chi connectivity index (χ3n) is 3.64. The number of thioether (sulfide) groups is 1. The molecule has 0 aliphatic carbocycles. The van der Waals surface area contributed by atoms with E-state index < -0.39 is 0 Å². The maximum absolute atomic E-state index is 11.9. The van der Waals surface area contributed by atoms with Crippen LogP contribution in [0.4, 0.5) is 5.69 Å². The summed E-state index contributed by atoms with van der Waals surface area (Å²) in [5.74, 6) is 0.569. The first-order valence-electron chi connectivity index (χ1n) is 7.88. The van der Waals surface area contributed by atoms with Crippen LogP contribution in [0.2, 0.25) is 0 Å². The summed E-state index contributed by atoms with van der Waals surface area (Å²) >= 11 is 1.59. The van der Waals surface area contributed by atoms with Gasteiger partial charge in [-0.1, -0.05) is 36.4 Å². The zero-order chi connectivity index (χ0) is 16.5. The molecule has 0 saturated carbocycles. The van der Waals surface area contributed by atoms with Crippen molar-refractivity contribution in [2.75, 3.05) is 30.8 Å². The van der Waals surface area contributed by atoms with E-state index in [1.165, 1.54) is 16.1 Å². The summed E-state index contributed by atoms with van der Waals surface area (Å²) in [5, 5.41) is 2.99. The topological polar surface area (TPSA) is 32.3 Å². The Morgan fingerprint density at radius 2 is 1.78 bits per heavy atom. The molecule has 0 aliphatic heterocycles. The minimum atomic E-state index is 0.0978. The molecule has 2 aromatic carbocycles. The van der Waals surface area contributed by atoms with Gasteiger partial charge in [-0.05, 0) is 37.1 Å². The van der Waals surface area contributed by atoms with Crippen LogP contribution in [0, 0.1) is 6.92 Å². The van der Waals surface area contributed by atoms with Crippen LogP contribution in [0.15, 0.2) is 59.5 Å². The summed E-state index contributed by atoms with van der Waals surface area (Å²) in [4.78, 5) is 15.3. The van der Waals surface area contributed by atoms with Crippen LogP contribution in [0.3, 0.4) is 0 Å². The number of nitrogens with zero attached hydrogens (tertiary/aromatic N) is 1. The fourth-order valence-corrected chi connectivity index (χ4v) is 3.13. The van der Waals surface area contributed by atoms with Crippen LogP contribution in [0.5, 0.6) is 0 Å². The Bertz CT molecular complexity index is 616. The average Bonchev–Trinajstić information content (AvgIpc) is 2.58. The number of hydrogen-bond acceptors (Lipinski definition) is 3. The maximum Gasteiger partial charge on any atom is 0.230 e. The molecule has 0 atom stereocenters. The maximum atomic E-state index is 11.9. The molecule has 4 heteroatoms. The van der Waals surface area contributed by atoms with Crippen LogP contribution in [-0.4, -0.2) is 31.8 Å². The summed E-state index contributed by atoms with van der Waals surface area (Å²) in [7, 11) is 2.07. The molecular weight excluding hydrogens is 304 g/mol. The smallest absolute Gasteiger partial charge is 0.230 e. The first kappa shape index (κ1) is 17.4. The summed E-state index contributed by atoms with van der Waals surface area (Å²) < 4.78 is 0. The van der Waals surface area contributed by atoms with Gasteiger partial charge in [0.25, 0.3) is 0 Å². The van der Waals surface area contributed by atoms with E-state index in [9.17, 15) is 4.79 Å². The Morgan fingerprint density at radius 3 is 2.52 bits per heavy atom. The Morgan fingerprint density at radius 1 is 1.09 bits per heavy atom. The van der Waals surface area contributed by atoms with Crippen LogP contribution >= 0.6 is 11.8 Å². The van der Waals surface area contributed by atoms with Gasteiger partial charge >= 0.3 is 0 Å². The summed E-state index contributed by atoms with van der Waals surface area (Å²) in [6, 6.07) is 18.4. The van der Waals surface area contributed by atoms with Gasteiger partial charge in [-0.3, -0.25) is 4.79 Å². The molecule has 3 nitrogen and oxygen atoms in total. The molecule has 2 aromatic rings. The predicted octanol–water partition coefficient (Wildman–Crippen LogP) is 3.73. The molecule has 1 N–H and O–H groups in total. The van der Waals surface area contributed by atoms with Crippen molar-refractivity contribution in [2.45, 2.75) is 18.2 Å². The number of nitrogens with one attached hydrogen (secondary N) is 1. The number of carbonyl (C=O) groups is 1. The van der Waals surface area contributed by atoms with Crippen LogP contribution in [0.1, 0.15) is 12.0 Å². The fourth-order valence-electron chi connectivity index (χ4n) is 2.27. The normalized spacial score (nSPS) is 10.3. The highest BCUT2D eigenvalue weighted by molar-refractivity contribution is 8.00. The SMILES string of the molecule is Cc1ccccc1SCC(=O)NCCCN(C)c1ccccc1. The Hall–Kier alpha value is -1.94. The molecule has 1 amide bonds. The highest BCUT2D eigenvalue weighted by Crippen LogP contribution is 2.21. The van der Waals surface area contributed by atoms with Crippen molar-refractivity contribution in [3.05, 3.63) is 60.2 Å². The first-order chi connectivity index (χ1) is 11.2. The molecule has 0 heterocycles. The zero-order valence-electron chi connectivity index (χ0n) is 13.8. The summed E-state index contributed by atoms with van der Waals surface area (Å²) in [6.45, 7) is 3.71. The second-order valence-electron chi connectivity index (χ2n) is 5.51. The van der Waals surface area contributed by atoms with Gasteiger partial charge in [-0.15, -0.1) is 11.8 Å². The lowest BCUT2D eigenvalue weighted by molar-refractivity contribution is -0.118. The van der Waals surface area contributed by atoms with Crippen molar-refractivity contribution in [1.82, 2.24) is 5.32 Å². The Balaban J connectivity index is 1.62. The highest BCUT2D eigenvalue weighted by atomic mass is 32.2. The Labute approximate surface area is 143 Å². The van der Waals surface area contributed by atoms with Gasteiger partial charge in [0.1, 0.15) is 0 Å². The van der Waals surface area contributed by atoms with Crippen LogP contribution in [-0.2, 0) is 4.79 Å². The molecular formula is C19H24N2OS. The molecule has 0 radical (unpaired) electrons. The number of aryl methyl sites for hydroxylation is 1. The molecule has 0 fully saturated rings. The van der Waals surface area contributed by atoms with E-state index in [2.05, 4.69) is 48.5 Å². The van der Waals surface area contributed by atoms with Gasteiger partial charge < -0.3 is 10.2 Å². The summed E-state index contributed by atoms with van der Waals surface area (Å²) in [5.41, 5.74) is 2.42. The fraction of sp³-hybridized carbons (Fsp3) is 0.316. The third kappa shape index (κ3) is 5.99.